The summed E-state index contributed by atoms with van der Waals surface area (Å²) in [6.07, 6.45) is 0. The van der Waals surface area contributed by atoms with Gasteiger partial charge in [-0.2, -0.15) is 4.98 Å². The van der Waals surface area contributed by atoms with Crippen molar-refractivity contribution < 1.29 is 14.0 Å². The van der Waals surface area contributed by atoms with Gasteiger partial charge in [-0.25, -0.2) is 4.98 Å². The summed E-state index contributed by atoms with van der Waals surface area (Å²) in [7, 11) is 2.01. The van der Waals surface area contributed by atoms with Gasteiger partial charge in [-0.3, -0.25) is 4.90 Å². The summed E-state index contributed by atoms with van der Waals surface area (Å²) >= 11 is 3.37. The summed E-state index contributed by atoms with van der Waals surface area (Å²) in [5.74, 6) is 2.53. The lowest BCUT2D eigenvalue weighted by Gasteiger charge is -2.11. The molecular formula is C19H16N4O3S2. The molecule has 0 unspecified atom stereocenters. The summed E-state index contributed by atoms with van der Waals surface area (Å²) in [4.78, 5) is 12.5. The predicted octanol–water partition coefficient (Wildman–Crippen LogP) is 4.28. The molecule has 0 bridgehead atoms. The zero-order valence-electron chi connectivity index (χ0n) is 15.0. The standard InChI is InChI=1S/C19H16N4O3S2/c1-23(8-13-10-28-19(20-13)16-3-2-6-27-16)9-17-21-18(22-26-17)12-4-5-14-15(7-12)25-11-24-14/h2-7,10H,8-9,11H2,1H3. The molecule has 0 atom stereocenters. The second-order valence-corrected chi connectivity index (χ2v) is 8.18. The van der Waals surface area contributed by atoms with Crippen LogP contribution in [-0.4, -0.2) is 33.9 Å². The molecule has 1 aromatic carbocycles. The third-order valence-corrected chi connectivity index (χ3v) is 6.15. The van der Waals surface area contributed by atoms with Crippen LogP contribution >= 0.6 is 22.7 Å². The highest BCUT2D eigenvalue weighted by molar-refractivity contribution is 7.20. The van der Waals surface area contributed by atoms with Crippen molar-refractivity contribution in [3.8, 4) is 32.8 Å². The third kappa shape index (κ3) is 3.51. The molecule has 5 rings (SSSR count). The minimum atomic E-state index is 0.242. The lowest BCUT2D eigenvalue weighted by atomic mass is 10.2. The first-order chi connectivity index (χ1) is 13.7. The summed E-state index contributed by atoms with van der Waals surface area (Å²) in [6, 6.07) is 9.75. The molecule has 1 aliphatic rings. The molecule has 3 aromatic heterocycles. The predicted molar refractivity (Wildman–Crippen MR) is 106 cm³/mol. The number of aromatic nitrogens is 3. The van der Waals surface area contributed by atoms with Crippen molar-refractivity contribution >= 4 is 22.7 Å². The van der Waals surface area contributed by atoms with E-state index >= 15 is 0 Å². The van der Waals surface area contributed by atoms with E-state index in [0.717, 1.165) is 22.0 Å². The van der Waals surface area contributed by atoms with Gasteiger partial charge < -0.3 is 14.0 Å². The smallest absolute Gasteiger partial charge is 0.241 e. The summed E-state index contributed by atoms with van der Waals surface area (Å²) in [5, 5.41) is 9.31. The molecule has 0 fully saturated rings. The van der Waals surface area contributed by atoms with Gasteiger partial charge in [-0.05, 0) is 36.7 Å². The Bertz CT molecular complexity index is 1090. The number of hydrogen-bond acceptors (Lipinski definition) is 9. The number of rotatable bonds is 6. The van der Waals surface area contributed by atoms with Crippen molar-refractivity contribution in [2.75, 3.05) is 13.8 Å². The molecule has 0 amide bonds. The topological polar surface area (TPSA) is 73.5 Å². The number of thiophene rings is 1. The fourth-order valence-corrected chi connectivity index (χ4v) is 4.55. The Morgan fingerprint density at radius 1 is 1.07 bits per heavy atom. The molecule has 0 saturated heterocycles. The van der Waals surface area contributed by atoms with E-state index in [-0.39, 0.29) is 6.79 Å². The van der Waals surface area contributed by atoms with Crippen molar-refractivity contribution in [3.05, 3.63) is 52.7 Å². The van der Waals surface area contributed by atoms with Gasteiger partial charge in [-0.1, -0.05) is 11.2 Å². The van der Waals surface area contributed by atoms with Crippen LogP contribution in [0, 0.1) is 0 Å². The van der Waals surface area contributed by atoms with Crippen LogP contribution in [-0.2, 0) is 13.1 Å². The third-order valence-electron chi connectivity index (χ3n) is 4.22. The van der Waals surface area contributed by atoms with E-state index < -0.39 is 0 Å². The first-order valence-corrected chi connectivity index (χ1v) is 10.4. The first kappa shape index (κ1) is 17.4. The SMILES string of the molecule is CN(Cc1csc(-c2cccs2)n1)Cc1nc(-c2ccc3c(c2)OCO3)no1. The minimum absolute atomic E-state index is 0.242. The maximum Gasteiger partial charge on any atom is 0.241 e. The van der Waals surface area contributed by atoms with Crippen LogP contribution < -0.4 is 9.47 Å². The highest BCUT2D eigenvalue weighted by Crippen LogP contribution is 2.35. The Balaban J connectivity index is 1.24. The summed E-state index contributed by atoms with van der Waals surface area (Å²) < 4.78 is 16.2. The number of thiazole rings is 1. The van der Waals surface area contributed by atoms with E-state index in [0.29, 0.717) is 30.6 Å². The molecule has 0 N–H and O–H groups in total. The lowest BCUT2D eigenvalue weighted by Crippen LogP contribution is -2.17. The average Bonchev–Trinajstić information content (AvgIpc) is 3.47. The number of ether oxygens (including phenoxy) is 2. The summed E-state index contributed by atoms with van der Waals surface area (Å²) in [5.41, 5.74) is 1.87. The number of benzene rings is 1. The Morgan fingerprint density at radius 2 is 2.00 bits per heavy atom. The Morgan fingerprint density at radius 3 is 2.89 bits per heavy atom. The minimum Gasteiger partial charge on any atom is -0.454 e. The van der Waals surface area contributed by atoms with Gasteiger partial charge in [0.05, 0.1) is 17.1 Å². The largest absolute Gasteiger partial charge is 0.454 e. The molecular weight excluding hydrogens is 396 g/mol. The number of fused-ring (bicyclic) bond motifs is 1. The zero-order valence-corrected chi connectivity index (χ0v) is 16.6. The molecule has 4 aromatic rings. The molecule has 1 aliphatic heterocycles. The van der Waals surface area contributed by atoms with Crippen molar-refractivity contribution in [2.45, 2.75) is 13.1 Å². The quantitative estimate of drug-likeness (QED) is 0.468. The van der Waals surface area contributed by atoms with Crippen LogP contribution in [0.5, 0.6) is 11.5 Å². The van der Waals surface area contributed by atoms with Gasteiger partial charge in [0.25, 0.3) is 0 Å². The van der Waals surface area contributed by atoms with E-state index in [2.05, 4.69) is 31.9 Å². The van der Waals surface area contributed by atoms with Gasteiger partial charge in [0.1, 0.15) is 5.01 Å². The molecule has 0 aliphatic carbocycles. The monoisotopic (exact) mass is 412 g/mol. The Kier molecular flexibility index (Phi) is 4.55. The molecule has 28 heavy (non-hydrogen) atoms. The second kappa shape index (κ2) is 7.34. The molecule has 4 heterocycles. The fraction of sp³-hybridized carbons (Fsp3) is 0.211. The first-order valence-electron chi connectivity index (χ1n) is 8.64. The van der Waals surface area contributed by atoms with Gasteiger partial charge in [0.2, 0.25) is 18.5 Å². The van der Waals surface area contributed by atoms with Gasteiger partial charge in [-0.15, -0.1) is 22.7 Å². The zero-order chi connectivity index (χ0) is 18.9. The second-order valence-electron chi connectivity index (χ2n) is 6.37. The molecule has 0 saturated carbocycles. The summed E-state index contributed by atoms with van der Waals surface area (Å²) in [6.45, 7) is 1.50. The van der Waals surface area contributed by atoms with Crippen molar-refractivity contribution in [1.29, 1.82) is 0 Å². The van der Waals surface area contributed by atoms with Crippen LogP contribution in [0.1, 0.15) is 11.6 Å². The lowest BCUT2D eigenvalue weighted by molar-refractivity contribution is 0.174. The highest BCUT2D eigenvalue weighted by Gasteiger charge is 2.17. The highest BCUT2D eigenvalue weighted by atomic mass is 32.1. The van der Waals surface area contributed by atoms with Crippen LogP contribution in [0.3, 0.4) is 0 Å². The molecule has 0 radical (unpaired) electrons. The normalized spacial score (nSPS) is 12.8. The number of hydrogen-bond donors (Lipinski definition) is 0. The fourth-order valence-electron chi connectivity index (χ4n) is 2.93. The van der Waals surface area contributed by atoms with Crippen LogP contribution in [0.4, 0.5) is 0 Å². The van der Waals surface area contributed by atoms with E-state index in [9.17, 15) is 0 Å². The maximum atomic E-state index is 5.42. The Hall–Kier alpha value is -2.75. The van der Waals surface area contributed by atoms with Crippen LogP contribution in [0.25, 0.3) is 21.3 Å². The van der Waals surface area contributed by atoms with Crippen molar-refractivity contribution in [3.63, 3.8) is 0 Å². The van der Waals surface area contributed by atoms with Gasteiger partial charge in [0.15, 0.2) is 11.5 Å². The molecule has 7 nitrogen and oxygen atoms in total. The molecule has 0 spiro atoms. The van der Waals surface area contributed by atoms with E-state index in [1.807, 2.05) is 31.3 Å². The Labute approximate surface area is 169 Å². The van der Waals surface area contributed by atoms with Crippen molar-refractivity contribution in [2.24, 2.45) is 0 Å². The van der Waals surface area contributed by atoms with Gasteiger partial charge in [0, 0.05) is 17.5 Å². The molecule has 142 valence electrons. The van der Waals surface area contributed by atoms with E-state index in [1.165, 1.54) is 4.88 Å². The molecule has 9 heteroatoms. The average molecular weight is 412 g/mol. The number of nitrogens with zero attached hydrogens (tertiary/aromatic N) is 4. The van der Waals surface area contributed by atoms with Crippen LogP contribution in [0.15, 0.2) is 45.6 Å². The maximum absolute atomic E-state index is 5.42. The van der Waals surface area contributed by atoms with E-state index in [1.54, 1.807) is 22.7 Å². The van der Waals surface area contributed by atoms with Crippen LogP contribution in [0.2, 0.25) is 0 Å². The van der Waals surface area contributed by atoms with Crippen molar-refractivity contribution in [1.82, 2.24) is 20.0 Å². The van der Waals surface area contributed by atoms with Gasteiger partial charge >= 0.3 is 0 Å². The van der Waals surface area contributed by atoms with E-state index in [4.69, 9.17) is 19.0 Å².